The number of aromatic nitrogens is 1. The van der Waals surface area contributed by atoms with E-state index in [9.17, 15) is 0 Å². The molecule has 3 unspecified atom stereocenters. The van der Waals surface area contributed by atoms with Crippen LogP contribution >= 0.6 is 11.8 Å². The summed E-state index contributed by atoms with van der Waals surface area (Å²) >= 11 is 1.99. The van der Waals surface area contributed by atoms with Crippen molar-refractivity contribution in [3.63, 3.8) is 0 Å². The van der Waals surface area contributed by atoms with Crippen molar-refractivity contribution in [1.82, 2.24) is 4.98 Å². The minimum absolute atomic E-state index is 0.280. The molecule has 2 heterocycles. The molecule has 0 fully saturated rings. The minimum Gasteiger partial charge on any atom is -0.260 e. The van der Waals surface area contributed by atoms with Crippen molar-refractivity contribution in [3.8, 4) is 0 Å². The molecule has 130 valence electrons. The summed E-state index contributed by atoms with van der Waals surface area (Å²) in [6.45, 7) is 13.5. The summed E-state index contributed by atoms with van der Waals surface area (Å²) in [6, 6.07) is 15.2. The third kappa shape index (κ3) is 3.39. The molecule has 24 heavy (non-hydrogen) atoms. The molecule has 2 aromatic rings. The molecule has 0 N–H and O–H groups in total. The quantitative estimate of drug-likeness (QED) is 0.587. The van der Waals surface area contributed by atoms with E-state index >= 15 is 0 Å². The maximum absolute atomic E-state index is 4.68. The first-order valence-corrected chi connectivity index (χ1v) is 10.1. The molecule has 0 radical (unpaired) electrons. The maximum Gasteiger partial charge on any atom is 0.0591 e. The Morgan fingerprint density at radius 3 is 2.33 bits per heavy atom. The lowest BCUT2D eigenvalue weighted by Gasteiger charge is -2.41. The Kier molecular flexibility index (Phi) is 6.51. The SMILES string of the molecule is CC.CCC(C)(C(C)C)C1c2ccccc2SC1c1ccccn1. The first kappa shape index (κ1) is 19.1. The van der Waals surface area contributed by atoms with Gasteiger partial charge in [0.25, 0.3) is 0 Å². The van der Waals surface area contributed by atoms with Crippen LogP contribution in [0.2, 0.25) is 0 Å². The number of rotatable bonds is 4. The van der Waals surface area contributed by atoms with E-state index in [4.69, 9.17) is 0 Å². The number of fused-ring (bicyclic) bond motifs is 1. The van der Waals surface area contributed by atoms with Crippen LogP contribution in [0.5, 0.6) is 0 Å². The molecule has 1 aliphatic heterocycles. The monoisotopic (exact) mass is 341 g/mol. The molecule has 0 bridgehead atoms. The largest absolute Gasteiger partial charge is 0.260 e. The van der Waals surface area contributed by atoms with Crippen LogP contribution in [0.3, 0.4) is 0 Å². The summed E-state index contributed by atoms with van der Waals surface area (Å²) in [5, 5.41) is 0.422. The number of hydrogen-bond acceptors (Lipinski definition) is 2. The van der Waals surface area contributed by atoms with E-state index in [0.717, 1.165) is 0 Å². The summed E-state index contributed by atoms with van der Waals surface area (Å²) in [5.41, 5.74) is 3.01. The van der Waals surface area contributed by atoms with Crippen molar-refractivity contribution in [2.45, 2.75) is 64.0 Å². The van der Waals surface area contributed by atoms with Crippen molar-refractivity contribution in [2.75, 3.05) is 0 Å². The fraction of sp³-hybridized carbons (Fsp3) is 0.500. The molecule has 0 spiro atoms. The van der Waals surface area contributed by atoms with Crippen molar-refractivity contribution in [1.29, 1.82) is 0 Å². The topological polar surface area (TPSA) is 12.9 Å². The van der Waals surface area contributed by atoms with Crippen LogP contribution in [0, 0.1) is 11.3 Å². The van der Waals surface area contributed by atoms with Crippen molar-refractivity contribution in [3.05, 3.63) is 59.9 Å². The van der Waals surface area contributed by atoms with Gasteiger partial charge >= 0.3 is 0 Å². The molecule has 1 aromatic heterocycles. The normalized spacial score (nSPS) is 21.6. The molecule has 1 aliphatic rings. The van der Waals surface area contributed by atoms with Gasteiger partial charge in [-0.25, -0.2) is 0 Å². The van der Waals surface area contributed by atoms with Gasteiger partial charge in [0.15, 0.2) is 0 Å². The van der Waals surface area contributed by atoms with E-state index < -0.39 is 0 Å². The predicted octanol–water partition coefficient (Wildman–Crippen LogP) is 7.11. The van der Waals surface area contributed by atoms with E-state index in [1.54, 1.807) is 0 Å². The molecule has 1 aromatic carbocycles. The Morgan fingerprint density at radius 2 is 1.75 bits per heavy atom. The van der Waals surface area contributed by atoms with Gasteiger partial charge in [-0.3, -0.25) is 4.98 Å². The molecule has 0 saturated carbocycles. The Bertz CT molecular complexity index is 637. The van der Waals surface area contributed by atoms with Crippen molar-refractivity contribution in [2.24, 2.45) is 11.3 Å². The highest BCUT2D eigenvalue weighted by Crippen LogP contribution is 2.62. The first-order valence-electron chi connectivity index (χ1n) is 9.24. The van der Waals surface area contributed by atoms with E-state index in [-0.39, 0.29) is 5.41 Å². The first-order chi connectivity index (χ1) is 11.6. The summed E-state index contributed by atoms with van der Waals surface area (Å²) in [7, 11) is 0. The van der Waals surface area contributed by atoms with Crippen molar-refractivity contribution < 1.29 is 0 Å². The Hall–Kier alpha value is -1.28. The molecule has 0 amide bonds. The number of nitrogens with zero attached hydrogens (tertiary/aromatic N) is 1. The summed E-state index contributed by atoms with van der Waals surface area (Å²) in [4.78, 5) is 6.11. The number of hydrogen-bond donors (Lipinski definition) is 0. The fourth-order valence-corrected chi connectivity index (χ4v) is 5.29. The van der Waals surface area contributed by atoms with Gasteiger partial charge < -0.3 is 0 Å². The van der Waals surface area contributed by atoms with E-state index in [1.165, 1.54) is 22.6 Å². The average molecular weight is 342 g/mol. The van der Waals surface area contributed by atoms with Gasteiger partial charge in [0.2, 0.25) is 0 Å². The smallest absolute Gasteiger partial charge is 0.0591 e. The highest BCUT2D eigenvalue weighted by Gasteiger charge is 2.46. The summed E-state index contributed by atoms with van der Waals surface area (Å²) < 4.78 is 0. The molecule has 0 saturated heterocycles. The van der Waals surface area contributed by atoms with E-state index in [0.29, 0.717) is 17.1 Å². The zero-order valence-corrected chi connectivity index (χ0v) is 16.7. The van der Waals surface area contributed by atoms with Gasteiger partial charge in [0.05, 0.1) is 10.9 Å². The van der Waals surface area contributed by atoms with Gasteiger partial charge in [0, 0.05) is 17.0 Å². The summed E-state index contributed by atoms with van der Waals surface area (Å²) in [5.74, 6) is 1.16. The highest BCUT2D eigenvalue weighted by molar-refractivity contribution is 8.00. The van der Waals surface area contributed by atoms with E-state index in [2.05, 4.69) is 69.1 Å². The highest BCUT2D eigenvalue weighted by atomic mass is 32.2. The lowest BCUT2D eigenvalue weighted by atomic mass is 9.63. The second-order valence-electron chi connectivity index (χ2n) is 6.82. The average Bonchev–Trinajstić information content (AvgIpc) is 3.03. The molecular formula is C22H31NS. The van der Waals surface area contributed by atoms with E-state index in [1.807, 2.05) is 37.9 Å². The second-order valence-corrected chi connectivity index (χ2v) is 8.01. The lowest BCUT2D eigenvalue weighted by molar-refractivity contribution is 0.154. The number of benzene rings is 1. The Balaban J connectivity index is 0.00000100. The van der Waals surface area contributed by atoms with Gasteiger partial charge in [-0.15, -0.1) is 11.8 Å². The number of thioether (sulfide) groups is 1. The van der Waals surface area contributed by atoms with Gasteiger partial charge in [-0.05, 0) is 41.5 Å². The molecule has 0 aliphatic carbocycles. The minimum atomic E-state index is 0.280. The van der Waals surface area contributed by atoms with Crippen LogP contribution in [0.4, 0.5) is 0 Å². The number of pyridine rings is 1. The molecular weight excluding hydrogens is 310 g/mol. The van der Waals surface area contributed by atoms with Crippen LogP contribution in [0.1, 0.15) is 70.4 Å². The second kappa shape index (κ2) is 8.20. The zero-order chi connectivity index (χ0) is 17.7. The third-order valence-corrected chi connectivity index (χ3v) is 6.97. The van der Waals surface area contributed by atoms with Gasteiger partial charge in [-0.1, -0.05) is 65.8 Å². The lowest BCUT2D eigenvalue weighted by Crippen LogP contribution is -2.32. The summed E-state index contributed by atoms with van der Waals surface area (Å²) in [6.07, 6.45) is 3.11. The fourth-order valence-electron chi connectivity index (χ4n) is 3.68. The Labute approximate surface area is 152 Å². The van der Waals surface area contributed by atoms with Gasteiger partial charge in [-0.2, -0.15) is 0 Å². The van der Waals surface area contributed by atoms with Gasteiger partial charge in [0.1, 0.15) is 0 Å². The predicted molar refractivity (Wildman–Crippen MR) is 107 cm³/mol. The maximum atomic E-state index is 4.68. The zero-order valence-electron chi connectivity index (χ0n) is 15.9. The Morgan fingerprint density at radius 1 is 1.08 bits per heavy atom. The molecule has 1 nitrogen and oxygen atoms in total. The van der Waals surface area contributed by atoms with Crippen LogP contribution in [-0.2, 0) is 0 Å². The molecule has 3 rings (SSSR count). The standard InChI is InChI=1S/C20H25NS.C2H6/c1-5-20(4,14(2)3)18-15-10-6-7-12-17(15)22-19(18)16-11-8-9-13-21-16;1-2/h6-14,18-19H,5H2,1-4H3;1-2H3. The van der Waals surface area contributed by atoms with Crippen molar-refractivity contribution >= 4 is 11.8 Å². The molecule has 2 heteroatoms. The van der Waals surface area contributed by atoms with Crippen LogP contribution < -0.4 is 0 Å². The van der Waals surface area contributed by atoms with Crippen LogP contribution in [0.25, 0.3) is 0 Å². The third-order valence-electron chi connectivity index (χ3n) is 5.58. The van der Waals surface area contributed by atoms with Crippen LogP contribution in [0.15, 0.2) is 53.6 Å². The van der Waals surface area contributed by atoms with Crippen LogP contribution in [-0.4, -0.2) is 4.98 Å². The molecule has 3 atom stereocenters.